The van der Waals surface area contributed by atoms with Gasteiger partial charge in [0.2, 0.25) is 0 Å². The Morgan fingerprint density at radius 3 is 2.33 bits per heavy atom. The molecular weight excluding hydrogens is 339 g/mol. The molecule has 1 rings (SSSR count). The maximum absolute atomic E-state index is 3.36. The van der Waals surface area contributed by atoms with Crippen molar-refractivity contribution in [1.82, 2.24) is 3.13 Å². The minimum absolute atomic E-state index is 0.884. The zero-order chi connectivity index (χ0) is 9.14. The van der Waals surface area contributed by atoms with Gasteiger partial charge >= 0.3 is 90.9 Å². The van der Waals surface area contributed by atoms with Gasteiger partial charge < -0.3 is 0 Å². The summed E-state index contributed by atoms with van der Waals surface area (Å²) in [6.45, 7) is 7.61. The van der Waals surface area contributed by atoms with E-state index in [0.29, 0.717) is 0 Å². The molecule has 0 aliphatic rings. The average molecular weight is 353 g/mol. The van der Waals surface area contributed by atoms with Gasteiger partial charge in [-0.2, -0.15) is 0 Å². The molecule has 1 nitrogen and oxygen atoms in total. The quantitative estimate of drug-likeness (QED) is 0.800. The Labute approximate surface area is 90.7 Å². The molecule has 0 atom stereocenters. The molecule has 0 unspecified atom stereocenters. The van der Waals surface area contributed by atoms with Crippen molar-refractivity contribution in [3.8, 4) is 0 Å². The fourth-order valence-electron chi connectivity index (χ4n) is 1.38. The van der Waals surface area contributed by atoms with Crippen LogP contribution in [0.5, 0.6) is 0 Å². The molecule has 0 spiro atoms. The number of benzene rings is 1. The summed E-state index contributed by atoms with van der Waals surface area (Å²) in [6, 6.07) is 4.41. The van der Waals surface area contributed by atoms with Gasteiger partial charge in [0.25, 0.3) is 0 Å². The Hall–Kier alpha value is 0.102. The Balaban J connectivity index is 3.14. The molecule has 0 aliphatic carbocycles. The second-order valence-corrected chi connectivity index (χ2v) is 4.77. The normalized spacial score (nSPS) is 10.2. The topological polar surface area (TPSA) is 12.0 Å². The first kappa shape index (κ1) is 10.2. The van der Waals surface area contributed by atoms with Crippen molar-refractivity contribution in [3.05, 3.63) is 34.4 Å². The molecule has 1 N–H and O–H groups in total. The van der Waals surface area contributed by atoms with Crippen molar-refractivity contribution in [2.24, 2.45) is 0 Å². The van der Waals surface area contributed by atoms with Gasteiger partial charge in [-0.15, -0.1) is 0 Å². The molecule has 0 radical (unpaired) electrons. The van der Waals surface area contributed by atoms with E-state index >= 15 is 0 Å². The Bertz CT molecular complexity index is 281. The van der Waals surface area contributed by atoms with E-state index in [1.54, 1.807) is 0 Å². The van der Waals surface area contributed by atoms with Crippen LogP contribution >= 0.6 is 0 Å². The summed E-state index contributed by atoms with van der Waals surface area (Å²) < 4.78 is 3.36. The van der Waals surface area contributed by atoms with E-state index in [4.69, 9.17) is 0 Å². The van der Waals surface area contributed by atoms with Crippen LogP contribution in [0, 0.1) is 20.8 Å². The van der Waals surface area contributed by atoms with Crippen LogP contribution in [0.15, 0.2) is 12.1 Å². The Kier molecular flexibility index (Phi) is 3.71. The van der Waals surface area contributed by atoms with E-state index in [2.05, 4.69) is 36.0 Å². The monoisotopic (exact) mass is 353 g/mol. The fraction of sp³-hybridized carbons (Fsp3) is 0.400. The van der Waals surface area contributed by atoms with Gasteiger partial charge in [-0.3, -0.25) is 0 Å². The number of aryl methyl sites for hydroxylation is 2. The van der Waals surface area contributed by atoms with Crippen molar-refractivity contribution < 1.29 is 0 Å². The molecule has 0 aromatic heterocycles. The number of rotatable bonds is 2. The molecule has 0 amide bonds. The molecule has 2 heteroatoms. The first-order valence-corrected chi connectivity index (χ1v) is 6.40. The molecule has 0 bridgehead atoms. The first-order chi connectivity index (χ1) is 5.66. The second-order valence-electron chi connectivity index (χ2n) is 3.18. The summed E-state index contributed by atoms with van der Waals surface area (Å²) in [7, 11) is 0. The molecular formula is C10H14NTl. The molecule has 12 heavy (non-hydrogen) atoms. The molecule has 0 saturated heterocycles. The van der Waals surface area contributed by atoms with Gasteiger partial charge in [-0.25, -0.2) is 0 Å². The SMILES string of the molecule is Cc1ccc(C)c(C[NH][Tl])c1C. The van der Waals surface area contributed by atoms with Gasteiger partial charge in [0.15, 0.2) is 0 Å². The molecule has 0 aliphatic heterocycles. The first-order valence-electron chi connectivity index (χ1n) is 4.16. The minimum atomic E-state index is 0.884. The van der Waals surface area contributed by atoms with Gasteiger partial charge in [-0.1, -0.05) is 0 Å². The summed E-state index contributed by atoms with van der Waals surface area (Å²) in [5.74, 6) is 0. The van der Waals surface area contributed by atoms with Crippen LogP contribution in [0.4, 0.5) is 0 Å². The van der Waals surface area contributed by atoms with Crippen molar-refractivity contribution in [2.75, 3.05) is 0 Å². The van der Waals surface area contributed by atoms with Crippen LogP contribution in [0.25, 0.3) is 0 Å². The number of hydrogen-bond donors (Lipinski definition) is 1. The molecule has 62 valence electrons. The van der Waals surface area contributed by atoms with Crippen molar-refractivity contribution >= 4 is 26.1 Å². The van der Waals surface area contributed by atoms with Crippen molar-refractivity contribution in [2.45, 2.75) is 27.3 Å². The van der Waals surface area contributed by atoms with Crippen LogP contribution < -0.4 is 3.13 Å². The Morgan fingerprint density at radius 2 is 1.75 bits per heavy atom. The van der Waals surface area contributed by atoms with E-state index in [-0.39, 0.29) is 0 Å². The summed E-state index contributed by atoms with van der Waals surface area (Å²) in [6.07, 6.45) is 0. The van der Waals surface area contributed by atoms with Crippen LogP contribution in [0.1, 0.15) is 22.3 Å². The molecule has 1 aromatic rings. The fourth-order valence-corrected chi connectivity index (χ4v) is 2.18. The summed E-state index contributed by atoms with van der Waals surface area (Å²) in [4.78, 5) is 0. The predicted molar refractivity (Wildman–Crippen MR) is 53.2 cm³/mol. The Morgan fingerprint density at radius 1 is 1.17 bits per heavy atom. The van der Waals surface area contributed by atoms with Gasteiger partial charge in [0.1, 0.15) is 0 Å². The third-order valence-corrected chi connectivity index (χ3v) is 3.18. The molecule has 0 saturated carbocycles. The van der Waals surface area contributed by atoms with E-state index in [0.717, 1.165) is 32.6 Å². The zero-order valence-corrected chi connectivity index (χ0v) is 12.4. The van der Waals surface area contributed by atoms with Gasteiger partial charge in [-0.05, 0) is 0 Å². The van der Waals surface area contributed by atoms with Crippen LogP contribution in [-0.4, -0.2) is 26.1 Å². The molecule has 1 aromatic carbocycles. The molecule has 0 fully saturated rings. The maximum atomic E-state index is 3.36. The summed E-state index contributed by atoms with van der Waals surface area (Å²) >= 11 is 0.884. The van der Waals surface area contributed by atoms with E-state index in [1.807, 2.05) is 0 Å². The van der Waals surface area contributed by atoms with Crippen molar-refractivity contribution in [3.63, 3.8) is 0 Å². The van der Waals surface area contributed by atoms with E-state index < -0.39 is 0 Å². The number of nitrogens with one attached hydrogen (secondary N) is 1. The van der Waals surface area contributed by atoms with E-state index in [9.17, 15) is 0 Å². The van der Waals surface area contributed by atoms with Crippen LogP contribution in [0.3, 0.4) is 0 Å². The number of hydrogen-bond acceptors (Lipinski definition) is 1. The molecule has 0 heterocycles. The third-order valence-electron chi connectivity index (χ3n) is 2.38. The predicted octanol–water partition coefficient (Wildman–Crippen LogP) is 1.78. The van der Waals surface area contributed by atoms with Gasteiger partial charge in [0.05, 0.1) is 0 Å². The van der Waals surface area contributed by atoms with Crippen LogP contribution in [0.2, 0.25) is 0 Å². The van der Waals surface area contributed by atoms with E-state index in [1.165, 1.54) is 22.3 Å². The van der Waals surface area contributed by atoms with Gasteiger partial charge in [0, 0.05) is 0 Å². The van der Waals surface area contributed by atoms with Crippen LogP contribution in [-0.2, 0) is 6.54 Å². The third kappa shape index (κ3) is 2.07. The van der Waals surface area contributed by atoms with Crippen molar-refractivity contribution in [1.29, 1.82) is 0 Å². The second kappa shape index (κ2) is 4.37. The standard InChI is InChI=1S/C10H14N.Tl/c1-7-4-5-8(2)10(6-11)9(7)3;/h4-5,11H,6H2,1-3H3;/q-1;+1. The average Bonchev–Trinajstić information content (AvgIpc) is 2.06. The zero-order valence-electron chi connectivity index (χ0n) is 7.94. The summed E-state index contributed by atoms with van der Waals surface area (Å²) in [5, 5.41) is 0. The summed E-state index contributed by atoms with van der Waals surface area (Å²) in [5.41, 5.74) is 5.74.